The topological polar surface area (TPSA) is 98.4 Å². The molecular formula is C23H26F3N5O2. The van der Waals surface area contributed by atoms with E-state index in [2.05, 4.69) is 23.7 Å². The minimum absolute atomic E-state index is 0.0180. The maximum absolute atomic E-state index is 13.8. The predicted octanol–water partition coefficient (Wildman–Crippen LogP) is 4.79. The molecule has 7 nitrogen and oxygen atoms in total. The van der Waals surface area contributed by atoms with Crippen LogP contribution in [0.15, 0.2) is 42.5 Å². The lowest BCUT2D eigenvalue weighted by Crippen LogP contribution is -2.38. The van der Waals surface area contributed by atoms with Gasteiger partial charge in [-0.2, -0.15) is 13.2 Å². The summed E-state index contributed by atoms with van der Waals surface area (Å²) in [4.78, 5) is 18.2. The second kappa shape index (κ2) is 9.53. The first-order chi connectivity index (χ1) is 15.5. The number of hydrogen-bond acceptors (Lipinski definition) is 4. The number of benzene rings is 2. The highest BCUT2D eigenvalue weighted by Gasteiger charge is 2.34. The number of nitrogens with one attached hydrogen (secondary N) is 2. The molecule has 0 radical (unpaired) electrons. The third-order valence-corrected chi connectivity index (χ3v) is 5.35. The van der Waals surface area contributed by atoms with Crippen molar-refractivity contribution in [3.8, 4) is 11.5 Å². The van der Waals surface area contributed by atoms with Gasteiger partial charge < -0.3 is 15.5 Å². The molecule has 33 heavy (non-hydrogen) atoms. The SMILES string of the molecule is CCN(CC)Cc1cccc(Oc2cc(C(F)(F)F)c3cc(C(=O)N(C)C(=N)N)[nH]c3c2)c1. The number of carbonyl (C=O) groups excluding carboxylic acids is 1. The van der Waals surface area contributed by atoms with E-state index >= 15 is 0 Å². The standard InChI is InChI=1S/C23H26F3N5O2/c1-4-31(5-2)13-14-7-6-8-15(9-14)33-16-10-18(23(24,25)26)17-12-20(29-19(17)11-16)21(32)30(3)22(27)28/h6-12,29H,4-5,13H2,1-3H3,(H3,27,28). The number of aromatic nitrogens is 1. The Kier molecular flexibility index (Phi) is 6.97. The summed E-state index contributed by atoms with van der Waals surface area (Å²) in [6.45, 7) is 6.56. The number of nitrogens with zero attached hydrogens (tertiary/aromatic N) is 2. The highest BCUT2D eigenvalue weighted by Crippen LogP contribution is 2.39. The van der Waals surface area contributed by atoms with Crippen molar-refractivity contribution in [2.24, 2.45) is 5.73 Å². The van der Waals surface area contributed by atoms with Crippen molar-refractivity contribution in [1.82, 2.24) is 14.8 Å². The van der Waals surface area contributed by atoms with Crippen LogP contribution in [0.5, 0.6) is 11.5 Å². The van der Waals surface area contributed by atoms with E-state index in [1.54, 1.807) is 18.2 Å². The van der Waals surface area contributed by atoms with Crippen LogP contribution in [-0.4, -0.2) is 46.8 Å². The van der Waals surface area contributed by atoms with Crippen LogP contribution in [0.25, 0.3) is 10.9 Å². The Bertz CT molecular complexity index is 1170. The van der Waals surface area contributed by atoms with Gasteiger partial charge in [-0.25, -0.2) is 0 Å². The predicted molar refractivity (Wildman–Crippen MR) is 120 cm³/mol. The molecule has 0 atom stereocenters. The van der Waals surface area contributed by atoms with Crippen molar-refractivity contribution in [3.63, 3.8) is 0 Å². The zero-order valence-corrected chi connectivity index (χ0v) is 18.6. The Morgan fingerprint density at radius 2 is 1.82 bits per heavy atom. The van der Waals surface area contributed by atoms with Crippen molar-refractivity contribution in [2.75, 3.05) is 20.1 Å². The van der Waals surface area contributed by atoms with Crippen molar-refractivity contribution in [1.29, 1.82) is 5.41 Å². The molecule has 1 heterocycles. The van der Waals surface area contributed by atoms with Gasteiger partial charge in [0.25, 0.3) is 5.91 Å². The van der Waals surface area contributed by atoms with Crippen LogP contribution in [0.3, 0.4) is 0 Å². The first-order valence-electron chi connectivity index (χ1n) is 10.4. The number of halogens is 3. The minimum atomic E-state index is -4.67. The lowest BCUT2D eigenvalue weighted by molar-refractivity contribution is -0.136. The molecule has 2 aromatic carbocycles. The number of fused-ring (bicyclic) bond motifs is 1. The third kappa shape index (κ3) is 5.46. The molecule has 3 aromatic rings. The van der Waals surface area contributed by atoms with Crippen molar-refractivity contribution >= 4 is 22.8 Å². The van der Waals surface area contributed by atoms with E-state index in [4.69, 9.17) is 15.9 Å². The van der Waals surface area contributed by atoms with Crippen LogP contribution in [0.1, 0.15) is 35.5 Å². The fourth-order valence-corrected chi connectivity index (χ4v) is 3.46. The van der Waals surface area contributed by atoms with Crippen LogP contribution in [0.4, 0.5) is 13.2 Å². The average molecular weight is 461 g/mol. The first kappa shape index (κ1) is 24.1. The monoisotopic (exact) mass is 461 g/mol. The van der Waals surface area contributed by atoms with Gasteiger partial charge in [0.05, 0.1) is 11.1 Å². The van der Waals surface area contributed by atoms with Gasteiger partial charge in [-0.3, -0.25) is 20.0 Å². The lowest BCUT2D eigenvalue weighted by atomic mass is 10.1. The normalized spacial score (nSPS) is 11.7. The second-order valence-corrected chi connectivity index (χ2v) is 7.57. The van der Waals surface area contributed by atoms with Gasteiger partial charge in [-0.1, -0.05) is 26.0 Å². The van der Waals surface area contributed by atoms with E-state index < -0.39 is 23.6 Å². The molecule has 1 aromatic heterocycles. The maximum Gasteiger partial charge on any atom is 0.417 e. The van der Waals surface area contributed by atoms with Gasteiger partial charge >= 0.3 is 6.18 Å². The molecule has 10 heteroatoms. The highest BCUT2D eigenvalue weighted by atomic mass is 19.4. The Morgan fingerprint density at radius 1 is 1.12 bits per heavy atom. The number of guanidine groups is 1. The van der Waals surface area contributed by atoms with Crippen molar-refractivity contribution in [3.05, 3.63) is 59.3 Å². The van der Waals surface area contributed by atoms with Crippen LogP contribution in [0, 0.1) is 5.41 Å². The second-order valence-electron chi connectivity index (χ2n) is 7.57. The van der Waals surface area contributed by atoms with E-state index in [9.17, 15) is 18.0 Å². The lowest BCUT2D eigenvalue weighted by Gasteiger charge is -2.18. The molecule has 0 aliphatic heterocycles. The number of nitrogens with two attached hydrogens (primary N) is 1. The van der Waals surface area contributed by atoms with Crippen molar-refractivity contribution < 1.29 is 22.7 Å². The molecule has 1 amide bonds. The number of hydrogen-bond donors (Lipinski definition) is 3. The molecule has 0 saturated heterocycles. The summed E-state index contributed by atoms with van der Waals surface area (Å²) in [5.74, 6) is -0.858. The summed E-state index contributed by atoms with van der Waals surface area (Å²) >= 11 is 0. The van der Waals surface area contributed by atoms with Gasteiger partial charge in [0.2, 0.25) is 0 Å². The fourth-order valence-electron chi connectivity index (χ4n) is 3.46. The molecule has 0 saturated carbocycles. The minimum Gasteiger partial charge on any atom is -0.457 e. The van der Waals surface area contributed by atoms with Crippen LogP contribution < -0.4 is 10.5 Å². The molecule has 176 valence electrons. The number of aromatic amines is 1. The number of carbonyl (C=O) groups is 1. The smallest absolute Gasteiger partial charge is 0.417 e. The molecule has 3 rings (SSSR count). The van der Waals surface area contributed by atoms with Crippen LogP contribution in [-0.2, 0) is 12.7 Å². The zero-order chi connectivity index (χ0) is 24.3. The summed E-state index contributed by atoms with van der Waals surface area (Å²) < 4.78 is 47.2. The average Bonchev–Trinajstić information content (AvgIpc) is 3.19. The van der Waals surface area contributed by atoms with Crippen molar-refractivity contribution in [2.45, 2.75) is 26.6 Å². The van der Waals surface area contributed by atoms with E-state index in [1.165, 1.54) is 13.1 Å². The summed E-state index contributed by atoms with van der Waals surface area (Å²) in [7, 11) is 1.26. The number of ether oxygens (including phenoxy) is 1. The zero-order valence-electron chi connectivity index (χ0n) is 18.6. The Balaban J connectivity index is 1.99. The largest absolute Gasteiger partial charge is 0.457 e. The highest BCUT2D eigenvalue weighted by molar-refractivity contribution is 6.06. The van der Waals surface area contributed by atoms with Crippen LogP contribution in [0.2, 0.25) is 0 Å². The number of amides is 1. The van der Waals surface area contributed by atoms with E-state index in [0.29, 0.717) is 12.3 Å². The maximum atomic E-state index is 13.8. The number of alkyl halides is 3. The molecule has 4 N–H and O–H groups in total. The van der Waals surface area contributed by atoms with Gasteiger partial charge in [0.15, 0.2) is 5.96 Å². The fraction of sp³-hybridized carbons (Fsp3) is 0.304. The summed E-state index contributed by atoms with van der Waals surface area (Å²) in [6.07, 6.45) is -4.67. The van der Waals surface area contributed by atoms with E-state index in [1.807, 2.05) is 6.07 Å². The first-order valence-corrected chi connectivity index (χ1v) is 10.4. The number of rotatable bonds is 7. The molecule has 0 spiro atoms. The quantitative estimate of drug-likeness (QED) is 0.348. The molecular weight excluding hydrogens is 435 g/mol. The molecule has 0 aliphatic carbocycles. The molecule has 0 aliphatic rings. The van der Waals surface area contributed by atoms with Crippen LogP contribution >= 0.6 is 0 Å². The summed E-state index contributed by atoms with van der Waals surface area (Å²) in [5.41, 5.74) is 5.32. The van der Waals surface area contributed by atoms with Gasteiger partial charge in [0.1, 0.15) is 17.2 Å². The Hall–Kier alpha value is -3.53. The number of H-pyrrole nitrogens is 1. The molecule has 0 fully saturated rings. The summed E-state index contributed by atoms with van der Waals surface area (Å²) in [6, 6.07) is 10.6. The Labute approximate surface area is 189 Å². The molecule has 0 unspecified atom stereocenters. The third-order valence-electron chi connectivity index (χ3n) is 5.35. The van der Waals surface area contributed by atoms with Gasteiger partial charge in [-0.15, -0.1) is 0 Å². The van der Waals surface area contributed by atoms with Gasteiger partial charge in [0, 0.05) is 25.0 Å². The Morgan fingerprint density at radius 3 is 2.42 bits per heavy atom. The van der Waals surface area contributed by atoms with E-state index in [0.717, 1.165) is 35.7 Å². The summed E-state index contributed by atoms with van der Waals surface area (Å²) in [5, 5.41) is 7.19. The molecule has 0 bridgehead atoms. The van der Waals surface area contributed by atoms with E-state index in [-0.39, 0.29) is 22.3 Å². The van der Waals surface area contributed by atoms with Gasteiger partial charge in [-0.05, 0) is 42.9 Å².